The number of halogens is 1. The number of alkyl halides is 1. The van der Waals surface area contributed by atoms with Crippen LogP contribution in [0.25, 0.3) is 0 Å². The molecule has 0 bridgehead atoms. The Morgan fingerprint density at radius 3 is 3.15 bits per heavy atom. The summed E-state index contributed by atoms with van der Waals surface area (Å²) < 4.78 is 0.547. The van der Waals surface area contributed by atoms with Crippen molar-refractivity contribution >= 4 is 28.5 Å². The summed E-state index contributed by atoms with van der Waals surface area (Å²) in [5, 5.41) is 0. The van der Waals surface area contributed by atoms with E-state index >= 15 is 0 Å². The number of pyridine rings is 1. The van der Waals surface area contributed by atoms with E-state index in [4.69, 9.17) is 0 Å². The first kappa shape index (κ1) is 8.93. The Bertz CT molecular complexity index is 315. The minimum atomic E-state index is 0.193. The smallest absolute Gasteiger partial charge is 0.233 e. The van der Waals surface area contributed by atoms with Gasteiger partial charge in [-0.2, -0.15) is 0 Å². The molecule has 0 fully saturated rings. The largest absolute Gasteiger partial charge is 0.332 e. The standard InChI is InChI=1S/C9H9IN2O/c10-4-9(13)12-5-7-2-1-3-11-8(7)6-12/h1-3H,4-6H2. The van der Waals surface area contributed by atoms with Gasteiger partial charge in [0.15, 0.2) is 0 Å². The van der Waals surface area contributed by atoms with Gasteiger partial charge in [0.1, 0.15) is 0 Å². The maximum atomic E-state index is 11.4. The average molecular weight is 288 g/mol. The van der Waals surface area contributed by atoms with Crippen molar-refractivity contribution in [3.63, 3.8) is 0 Å². The lowest BCUT2D eigenvalue weighted by Gasteiger charge is -2.12. The van der Waals surface area contributed by atoms with E-state index in [1.54, 1.807) is 6.20 Å². The molecule has 0 aromatic carbocycles. The first-order valence-electron chi connectivity index (χ1n) is 4.08. The highest BCUT2D eigenvalue weighted by molar-refractivity contribution is 14.1. The summed E-state index contributed by atoms with van der Waals surface area (Å²) >= 11 is 2.09. The molecule has 0 atom stereocenters. The lowest BCUT2D eigenvalue weighted by atomic mass is 10.2. The molecule has 0 aliphatic carbocycles. The van der Waals surface area contributed by atoms with Gasteiger partial charge < -0.3 is 4.90 Å². The topological polar surface area (TPSA) is 33.2 Å². The van der Waals surface area contributed by atoms with Crippen LogP contribution in [0.4, 0.5) is 0 Å². The van der Waals surface area contributed by atoms with E-state index in [9.17, 15) is 4.79 Å². The van der Waals surface area contributed by atoms with E-state index in [-0.39, 0.29) is 5.91 Å². The van der Waals surface area contributed by atoms with Gasteiger partial charge >= 0.3 is 0 Å². The van der Waals surface area contributed by atoms with Gasteiger partial charge in [-0.15, -0.1) is 0 Å². The first-order chi connectivity index (χ1) is 6.31. The van der Waals surface area contributed by atoms with Gasteiger partial charge in [-0.05, 0) is 11.6 Å². The van der Waals surface area contributed by atoms with Crippen LogP contribution in [0.5, 0.6) is 0 Å². The molecule has 1 aliphatic rings. The van der Waals surface area contributed by atoms with Gasteiger partial charge in [-0.25, -0.2) is 0 Å². The van der Waals surface area contributed by atoms with E-state index in [1.165, 1.54) is 5.56 Å². The molecule has 0 N–H and O–H groups in total. The predicted molar refractivity (Wildman–Crippen MR) is 57.4 cm³/mol. The Labute approximate surface area is 90.3 Å². The van der Waals surface area contributed by atoms with Crippen LogP contribution in [-0.2, 0) is 17.9 Å². The molecule has 4 heteroatoms. The van der Waals surface area contributed by atoms with Gasteiger partial charge in [0.25, 0.3) is 0 Å². The van der Waals surface area contributed by atoms with Gasteiger partial charge in [0.2, 0.25) is 5.91 Å². The Morgan fingerprint density at radius 1 is 1.62 bits per heavy atom. The number of carbonyl (C=O) groups is 1. The van der Waals surface area contributed by atoms with Gasteiger partial charge in [-0.3, -0.25) is 9.78 Å². The summed E-state index contributed by atoms with van der Waals surface area (Å²) in [6.07, 6.45) is 1.77. The fourth-order valence-corrected chi connectivity index (χ4v) is 1.94. The maximum absolute atomic E-state index is 11.4. The number of hydrogen-bond acceptors (Lipinski definition) is 2. The molecule has 2 heterocycles. The normalized spacial score (nSPS) is 14.4. The van der Waals surface area contributed by atoms with Crippen molar-refractivity contribution in [3.8, 4) is 0 Å². The van der Waals surface area contributed by atoms with Crippen molar-refractivity contribution < 1.29 is 4.79 Å². The maximum Gasteiger partial charge on any atom is 0.233 e. The van der Waals surface area contributed by atoms with Crippen LogP contribution in [0.3, 0.4) is 0 Å². The van der Waals surface area contributed by atoms with E-state index in [2.05, 4.69) is 27.6 Å². The van der Waals surface area contributed by atoms with Crippen molar-refractivity contribution in [1.29, 1.82) is 0 Å². The Hall–Kier alpha value is -0.650. The zero-order valence-electron chi connectivity index (χ0n) is 7.03. The predicted octanol–water partition coefficient (Wildman–Crippen LogP) is 1.36. The summed E-state index contributed by atoms with van der Waals surface area (Å²) in [5.41, 5.74) is 2.22. The van der Waals surface area contributed by atoms with Crippen molar-refractivity contribution in [3.05, 3.63) is 29.6 Å². The van der Waals surface area contributed by atoms with Crippen molar-refractivity contribution in [2.24, 2.45) is 0 Å². The average Bonchev–Trinajstić information content (AvgIpc) is 2.59. The Morgan fingerprint density at radius 2 is 2.46 bits per heavy atom. The summed E-state index contributed by atoms with van der Waals surface area (Å²) in [5.74, 6) is 0.193. The molecule has 13 heavy (non-hydrogen) atoms. The fourth-order valence-electron chi connectivity index (χ4n) is 1.46. The van der Waals surface area contributed by atoms with E-state index < -0.39 is 0 Å². The number of carbonyl (C=O) groups excluding carboxylic acids is 1. The number of hydrogen-bond donors (Lipinski definition) is 0. The molecular formula is C9H9IN2O. The highest BCUT2D eigenvalue weighted by Gasteiger charge is 2.22. The molecule has 1 aromatic rings. The summed E-state index contributed by atoms with van der Waals surface area (Å²) in [7, 11) is 0. The zero-order valence-corrected chi connectivity index (χ0v) is 9.19. The monoisotopic (exact) mass is 288 g/mol. The highest BCUT2D eigenvalue weighted by atomic mass is 127. The quantitative estimate of drug-likeness (QED) is 0.577. The summed E-state index contributed by atoms with van der Waals surface area (Å²) in [6, 6.07) is 3.94. The van der Waals surface area contributed by atoms with Crippen LogP contribution in [0, 0.1) is 0 Å². The minimum absolute atomic E-state index is 0.193. The molecular weight excluding hydrogens is 279 g/mol. The molecule has 0 saturated carbocycles. The molecule has 68 valence electrons. The molecule has 0 radical (unpaired) electrons. The molecule has 2 rings (SSSR count). The highest BCUT2D eigenvalue weighted by Crippen LogP contribution is 2.20. The van der Waals surface area contributed by atoms with Gasteiger partial charge in [-0.1, -0.05) is 28.7 Å². The molecule has 1 aromatic heterocycles. The number of rotatable bonds is 1. The lowest BCUT2D eigenvalue weighted by molar-refractivity contribution is -0.128. The van der Waals surface area contributed by atoms with Gasteiger partial charge in [0, 0.05) is 12.7 Å². The minimum Gasteiger partial charge on any atom is -0.332 e. The van der Waals surface area contributed by atoms with Crippen LogP contribution in [0.1, 0.15) is 11.3 Å². The van der Waals surface area contributed by atoms with Crippen molar-refractivity contribution in [2.45, 2.75) is 13.1 Å². The molecule has 3 nitrogen and oxygen atoms in total. The third-order valence-electron chi connectivity index (χ3n) is 2.15. The second-order valence-corrected chi connectivity index (χ2v) is 3.76. The SMILES string of the molecule is O=C(CI)N1Cc2cccnc2C1. The summed E-state index contributed by atoms with van der Waals surface area (Å²) in [6.45, 7) is 1.41. The lowest BCUT2D eigenvalue weighted by Crippen LogP contribution is -2.26. The molecule has 0 saturated heterocycles. The second kappa shape index (κ2) is 3.61. The third kappa shape index (κ3) is 1.67. The van der Waals surface area contributed by atoms with Gasteiger partial charge in [0.05, 0.1) is 16.7 Å². The number of aromatic nitrogens is 1. The molecule has 1 amide bonds. The fraction of sp³-hybridized carbons (Fsp3) is 0.333. The molecule has 1 aliphatic heterocycles. The van der Waals surface area contributed by atoms with Crippen LogP contribution < -0.4 is 0 Å². The Kier molecular flexibility index (Phi) is 2.48. The van der Waals surface area contributed by atoms with Crippen LogP contribution in [0.15, 0.2) is 18.3 Å². The summed E-state index contributed by atoms with van der Waals surface area (Å²) in [4.78, 5) is 17.4. The number of fused-ring (bicyclic) bond motifs is 1. The third-order valence-corrected chi connectivity index (χ3v) is 2.81. The second-order valence-electron chi connectivity index (χ2n) is 2.99. The van der Waals surface area contributed by atoms with Crippen molar-refractivity contribution in [1.82, 2.24) is 9.88 Å². The van der Waals surface area contributed by atoms with Crippen molar-refractivity contribution in [2.75, 3.05) is 4.43 Å². The van der Waals surface area contributed by atoms with E-state index in [1.807, 2.05) is 17.0 Å². The van der Waals surface area contributed by atoms with E-state index in [0.717, 1.165) is 12.2 Å². The Balaban J connectivity index is 2.18. The van der Waals surface area contributed by atoms with Crippen LogP contribution >= 0.6 is 22.6 Å². The zero-order chi connectivity index (χ0) is 9.26. The number of nitrogens with zero attached hydrogens (tertiary/aromatic N) is 2. The first-order valence-corrected chi connectivity index (χ1v) is 5.60. The van der Waals surface area contributed by atoms with E-state index in [0.29, 0.717) is 11.0 Å². The van der Waals surface area contributed by atoms with Crippen LogP contribution in [-0.4, -0.2) is 20.2 Å². The molecule has 0 unspecified atom stereocenters. The van der Waals surface area contributed by atoms with Crippen LogP contribution in [0.2, 0.25) is 0 Å². The number of amides is 1. The molecule has 0 spiro atoms.